The minimum atomic E-state index is -1.16. The number of nitrogens with one attached hydrogen (secondary N) is 1. The molecular formula is C13H18N2O5. The molecule has 0 saturated carbocycles. The van der Waals surface area contributed by atoms with Gasteiger partial charge >= 0.3 is 5.69 Å². The van der Waals surface area contributed by atoms with Crippen LogP contribution in [-0.4, -0.2) is 38.1 Å². The summed E-state index contributed by atoms with van der Waals surface area (Å²) < 4.78 is 6.90. The van der Waals surface area contributed by atoms with Gasteiger partial charge in [0, 0.05) is 18.2 Å². The lowest BCUT2D eigenvalue weighted by Gasteiger charge is -2.28. The monoisotopic (exact) mass is 282 g/mol. The zero-order valence-electron chi connectivity index (χ0n) is 11.2. The summed E-state index contributed by atoms with van der Waals surface area (Å²) in [6, 6.07) is 0. The molecule has 1 unspecified atom stereocenters. The smallest absolute Gasteiger partial charge is 0.330 e. The number of rotatable bonds is 4. The highest BCUT2D eigenvalue weighted by molar-refractivity contribution is 5.04. The number of hydrogen-bond acceptors (Lipinski definition) is 5. The Kier molecular flexibility index (Phi) is 3.94. The topological polar surface area (TPSA) is 105 Å². The third kappa shape index (κ3) is 2.35. The van der Waals surface area contributed by atoms with E-state index in [-0.39, 0.29) is 19.4 Å². The van der Waals surface area contributed by atoms with Crippen LogP contribution in [0.1, 0.15) is 24.6 Å². The molecule has 7 heteroatoms. The molecule has 1 aliphatic heterocycles. The lowest BCUT2D eigenvalue weighted by atomic mass is 9.94. The molecule has 0 aromatic carbocycles. The Labute approximate surface area is 115 Å². The highest BCUT2D eigenvalue weighted by atomic mass is 16.6. The predicted molar refractivity (Wildman–Crippen MR) is 71.4 cm³/mol. The first-order valence-corrected chi connectivity index (χ1v) is 6.33. The second-order valence-corrected chi connectivity index (χ2v) is 5.02. The van der Waals surface area contributed by atoms with Crippen LogP contribution < -0.4 is 11.2 Å². The molecule has 20 heavy (non-hydrogen) atoms. The second kappa shape index (κ2) is 5.35. The Bertz CT molecular complexity index is 620. The van der Waals surface area contributed by atoms with Gasteiger partial charge in [0.15, 0.2) is 0 Å². The van der Waals surface area contributed by atoms with Gasteiger partial charge in [0.2, 0.25) is 0 Å². The first-order chi connectivity index (χ1) is 9.43. The zero-order chi connectivity index (χ0) is 14.9. The van der Waals surface area contributed by atoms with Gasteiger partial charge in [-0.25, -0.2) is 4.79 Å². The van der Waals surface area contributed by atoms with E-state index < -0.39 is 29.2 Å². The molecule has 3 N–H and O–H groups in total. The number of aromatic nitrogens is 2. The maximum atomic E-state index is 11.8. The number of H-pyrrole nitrogens is 1. The summed E-state index contributed by atoms with van der Waals surface area (Å²) in [6.45, 7) is 4.77. The van der Waals surface area contributed by atoms with E-state index in [0.29, 0.717) is 5.56 Å². The fraction of sp³-hybridized carbons (Fsp3) is 0.538. The molecule has 110 valence electrons. The number of aromatic amines is 1. The molecule has 2 heterocycles. The molecule has 1 saturated heterocycles. The number of aliphatic hydroxyl groups excluding tert-OH is 2. The molecule has 0 spiro atoms. The van der Waals surface area contributed by atoms with Gasteiger partial charge in [-0.1, -0.05) is 6.08 Å². The van der Waals surface area contributed by atoms with Gasteiger partial charge < -0.3 is 14.9 Å². The van der Waals surface area contributed by atoms with E-state index in [1.807, 2.05) is 0 Å². The number of aliphatic hydroxyl groups is 2. The standard InChI is InChI=1S/C13H18N2O5/c1-3-4-13(7-16)9(17)5-10(20-13)15-6-8(2)11(18)14-12(15)19/h3,6,9-10,16-17H,1,4-5,7H2,2H3,(H,14,18,19)/t9?,10-,13-/m1/s1. The Morgan fingerprint density at radius 2 is 2.35 bits per heavy atom. The van der Waals surface area contributed by atoms with Crippen molar-refractivity contribution < 1.29 is 14.9 Å². The summed E-state index contributed by atoms with van der Waals surface area (Å²) >= 11 is 0. The number of ether oxygens (including phenoxy) is 1. The zero-order valence-corrected chi connectivity index (χ0v) is 11.2. The minimum Gasteiger partial charge on any atom is -0.393 e. The van der Waals surface area contributed by atoms with Crippen LogP contribution in [-0.2, 0) is 4.74 Å². The quantitative estimate of drug-likeness (QED) is 0.642. The summed E-state index contributed by atoms with van der Waals surface area (Å²) in [5.74, 6) is 0. The van der Waals surface area contributed by atoms with Crippen molar-refractivity contribution in [3.8, 4) is 0 Å². The van der Waals surface area contributed by atoms with Crippen molar-refractivity contribution in [2.75, 3.05) is 6.61 Å². The van der Waals surface area contributed by atoms with Crippen LogP contribution in [0.2, 0.25) is 0 Å². The van der Waals surface area contributed by atoms with Crippen LogP contribution >= 0.6 is 0 Å². The summed E-state index contributed by atoms with van der Waals surface area (Å²) in [4.78, 5) is 25.3. The molecule has 0 radical (unpaired) electrons. The van der Waals surface area contributed by atoms with E-state index in [1.165, 1.54) is 10.8 Å². The largest absolute Gasteiger partial charge is 0.393 e. The van der Waals surface area contributed by atoms with Crippen LogP contribution in [0.4, 0.5) is 0 Å². The van der Waals surface area contributed by atoms with E-state index in [4.69, 9.17) is 4.74 Å². The summed E-state index contributed by atoms with van der Waals surface area (Å²) in [7, 11) is 0. The molecule has 0 bridgehead atoms. The Hall–Kier alpha value is -1.70. The van der Waals surface area contributed by atoms with Crippen molar-refractivity contribution in [1.82, 2.24) is 9.55 Å². The third-order valence-electron chi connectivity index (χ3n) is 3.62. The van der Waals surface area contributed by atoms with Crippen LogP contribution in [0.15, 0.2) is 28.4 Å². The van der Waals surface area contributed by atoms with E-state index in [9.17, 15) is 19.8 Å². The van der Waals surface area contributed by atoms with E-state index in [0.717, 1.165) is 0 Å². The molecule has 3 atom stereocenters. The first kappa shape index (κ1) is 14.7. The van der Waals surface area contributed by atoms with E-state index in [2.05, 4.69) is 11.6 Å². The van der Waals surface area contributed by atoms with Gasteiger partial charge in [0.1, 0.15) is 11.8 Å². The van der Waals surface area contributed by atoms with Gasteiger partial charge in [0.05, 0.1) is 12.7 Å². The van der Waals surface area contributed by atoms with E-state index >= 15 is 0 Å². The fourth-order valence-corrected chi connectivity index (χ4v) is 2.41. The van der Waals surface area contributed by atoms with Crippen molar-refractivity contribution in [1.29, 1.82) is 0 Å². The highest BCUT2D eigenvalue weighted by Crippen LogP contribution is 2.38. The average Bonchev–Trinajstić information content (AvgIpc) is 2.72. The Morgan fingerprint density at radius 1 is 1.65 bits per heavy atom. The van der Waals surface area contributed by atoms with Gasteiger partial charge in [0.25, 0.3) is 5.56 Å². The average molecular weight is 282 g/mol. The molecule has 0 aliphatic carbocycles. The van der Waals surface area contributed by atoms with Crippen LogP contribution in [0.5, 0.6) is 0 Å². The summed E-state index contributed by atoms with van der Waals surface area (Å²) in [5.41, 5.74) is -1.85. The summed E-state index contributed by atoms with van der Waals surface area (Å²) in [6.07, 6.45) is 1.69. The van der Waals surface area contributed by atoms with Crippen LogP contribution in [0.25, 0.3) is 0 Å². The molecule has 1 aliphatic rings. The molecule has 7 nitrogen and oxygen atoms in total. The molecule has 1 aromatic rings. The van der Waals surface area contributed by atoms with E-state index in [1.54, 1.807) is 13.0 Å². The van der Waals surface area contributed by atoms with Gasteiger partial charge in [-0.3, -0.25) is 14.3 Å². The normalized spacial score (nSPS) is 29.6. The van der Waals surface area contributed by atoms with Crippen LogP contribution in [0.3, 0.4) is 0 Å². The third-order valence-corrected chi connectivity index (χ3v) is 3.62. The first-order valence-electron chi connectivity index (χ1n) is 6.33. The lowest BCUT2D eigenvalue weighted by molar-refractivity contribution is -0.126. The van der Waals surface area contributed by atoms with Crippen LogP contribution in [0, 0.1) is 6.92 Å². The van der Waals surface area contributed by atoms with Crippen molar-refractivity contribution >= 4 is 0 Å². The molecule has 2 rings (SSSR count). The Balaban J connectivity index is 2.37. The minimum absolute atomic E-state index is 0.153. The highest BCUT2D eigenvalue weighted by Gasteiger charge is 2.47. The summed E-state index contributed by atoms with van der Waals surface area (Å²) in [5, 5.41) is 19.6. The van der Waals surface area contributed by atoms with Crippen molar-refractivity contribution in [2.24, 2.45) is 0 Å². The van der Waals surface area contributed by atoms with Crippen molar-refractivity contribution in [3.05, 3.63) is 45.3 Å². The van der Waals surface area contributed by atoms with Crippen molar-refractivity contribution in [2.45, 2.75) is 37.7 Å². The molecular weight excluding hydrogens is 264 g/mol. The maximum Gasteiger partial charge on any atom is 0.330 e. The van der Waals surface area contributed by atoms with Gasteiger partial charge in [-0.2, -0.15) is 0 Å². The molecule has 1 aromatic heterocycles. The fourth-order valence-electron chi connectivity index (χ4n) is 2.41. The second-order valence-electron chi connectivity index (χ2n) is 5.02. The lowest BCUT2D eigenvalue weighted by Crippen LogP contribution is -2.43. The maximum absolute atomic E-state index is 11.8. The van der Waals surface area contributed by atoms with Crippen molar-refractivity contribution in [3.63, 3.8) is 0 Å². The Morgan fingerprint density at radius 3 is 2.95 bits per heavy atom. The van der Waals surface area contributed by atoms with Gasteiger partial charge in [-0.05, 0) is 13.3 Å². The number of aryl methyl sites for hydroxylation is 1. The SMILES string of the molecule is C=CC[C@]1(CO)O[C@@H](n2cc(C)c(=O)[nH]c2=O)CC1O. The number of nitrogens with zero attached hydrogens (tertiary/aromatic N) is 1. The molecule has 0 amide bonds. The number of hydrogen-bond donors (Lipinski definition) is 3. The predicted octanol–water partition coefficient (Wildman–Crippen LogP) is -0.568. The van der Waals surface area contributed by atoms with Gasteiger partial charge in [-0.15, -0.1) is 6.58 Å². The molecule has 1 fully saturated rings.